The van der Waals surface area contributed by atoms with Gasteiger partial charge in [-0.2, -0.15) is 5.10 Å². The minimum Gasteiger partial charge on any atom is -0.494 e. The number of aromatic nitrogens is 2. The number of hydrogen-bond donors (Lipinski definition) is 0. The van der Waals surface area contributed by atoms with Gasteiger partial charge in [-0.05, 0) is 17.7 Å². The number of morpholine rings is 1. The minimum absolute atomic E-state index is 0.0413. The van der Waals surface area contributed by atoms with Gasteiger partial charge in [0.2, 0.25) is 0 Å². The first-order valence-electron chi connectivity index (χ1n) is 8.90. The van der Waals surface area contributed by atoms with Crippen LogP contribution in [0.4, 0.5) is 0 Å². The number of nitrogens with zero attached hydrogens (tertiary/aromatic N) is 3. The van der Waals surface area contributed by atoms with Crippen LogP contribution in [0.2, 0.25) is 0 Å². The Morgan fingerprint density at radius 3 is 2.74 bits per heavy atom. The molecule has 1 saturated heterocycles. The van der Waals surface area contributed by atoms with Crippen molar-refractivity contribution >= 4 is 5.91 Å². The average molecular weight is 363 g/mol. The van der Waals surface area contributed by atoms with E-state index in [1.165, 1.54) is 0 Å². The molecule has 1 aliphatic heterocycles. The maximum Gasteiger partial charge on any atom is 0.257 e. The Hall–Kier alpha value is -3.12. The zero-order chi connectivity index (χ0) is 18.6. The first-order valence-corrected chi connectivity index (χ1v) is 8.90. The Labute approximate surface area is 157 Å². The van der Waals surface area contributed by atoms with Gasteiger partial charge in [-0.15, -0.1) is 0 Å². The second-order valence-corrected chi connectivity index (χ2v) is 6.37. The molecule has 0 N–H and O–H groups in total. The largest absolute Gasteiger partial charge is 0.494 e. The van der Waals surface area contributed by atoms with Gasteiger partial charge in [0.1, 0.15) is 17.5 Å². The molecule has 6 nitrogen and oxygen atoms in total. The van der Waals surface area contributed by atoms with E-state index in [1.807, 2.05) is 59.5 Å². The first-order chi connectivity index (χ1) is 13.3. The normalized spacial score (nSPS) is 16.9. The number of carbonyl (C=O) groups excluding carboxylic acids is 1. The molecular formula is C21H21N3O3. The highest BCUT2D eigenvalue weighted by molar-refractivity contribution is 5.94. The van der Waals surface area contributed by atoms with Gasteiger partial charge in [0, 0.05) is 12.7 Å². The lowest BCUT2D eigenvalue weighted by atomic mass is 10.1. The van der Waals surface area contributed by atoms with Crippen LogP contribution in [0.5, 0.6) is 5.75 Å². The Kier molecular flexibility index (Phi) is 4.89. The van der Waals surface area contributed by atoms with Crippen LogP contribution in [0, 0.1) is 0 Å². The molecule has 2 heterocycles. The number of ether oxygens (including phenoxy) is 2. The van der Waals surface area contributed by atoms with E-state index in [4.69, 9.17) is 9.47 Å². The summed E-state index contributed by atoms with van der Waals surface area (Å²) >= 11 is 0. The van der Waals surface area contributed by atoms with E-state index in [0.717, 1.165) is 11.3 Å². The van der Waals surface area contributed by atoms with Crippen LogP contribution in [0.15, 0.2) is 67.0 Å². The number of rotatable bonds is 4. The molecule has 138 valence electrons. The highest BCUT2D eigenvalue weighted by Crippen LogP contribution is 2.24. The fourth-order valence-electron chi connectivity index (χ4n) is 3.27. The van der Waals surface area contributed by atoms with Crippen molar-refractivity contribution in [2.24, 2.45) is 0 Å². The highest BCUT2D eigenvalue weighted by Gasteiger charge is 2.27. The molecule has 27 heavy (non-hydrogen) atoms. The molecule has 3 aromatic rings. The van der Waals surface area contributed by atoms with Gasteiger partial charge >= 0.3 is 0 Å². The summed E-state index contributed by atoms with van der Waals surface area (Å²) < 4.78 is 12.9. The van der Waals surface area contributed by atoms with Crippen LogP contribution in [0.25, 0.3) is 5.69 Å². The van der Waals surface area contributed by atoms with E-state index < -0.39 is 0 Å². The van der Waals surface area contributed by atoms with Crippen LogP contribution in [0.3, 0.4) is 0 Å². The van der Waals surface area contributed by atoms with Crippen LogP contribution in [-0.4, -0.2) is 47.4 Å². The van der Waals surface area contributed by atoms with Gasteiger partial charge < -0.3 is 14.4 Å². The van der Waals surface area contributed by atoms with Crippen molar-refractivity contribution < 1.29 is 14.3 Å². The van der Waals surface area contributed by atoms with E-state index in [9.17, 15) is 4.79 Å². The maximum atomic E-state index is 13.0. The topological polar surface area (TPSA) is 56.6 Å². The molecule has 1 atom stereocenters. The predicted octanol–water partition coefficient (Wildman–Crippen LogP) is 3.09. The van der Waals surface area contributed by atoms with Crippen molar-refractivity contribution in [1.29, 1.82) is 0 Å². The standard InChI is InChI=1S/C21H21N3O3/c1-26-19-10-6-5-9-18(19)24-14-17(13-22-24)21(25)23-11-12-27-20(15-23)16-7-3-2-4-8-16/h2-10,13-14,20H,11-12,15H2,1H3/t20-/m0/s1. The summed E-state index contributed by atoms with van der Waals surface area (Å²) in [6.45, 7) is 1.62. The fourth-order valence-corrected chi connectivity index (χ4v) is 3.27. The van der Waals surface area contributed by atoms with E-state index in [-0.39, 0.29) is 12.0 Å². The molecule has 0 radical (unpaired) electrons. The molecular weight excluding hydrogens is 342 g/mol. The molecule has 1 fully saturated rings. The van der Waals surface area contributed by atoms with Crippen molar-refractivity contribution in [3.05, 3.63) is 78.1 Å². The average Bonchev–Trinajstić information content (AvgIpc) is 3.24. The second-order valence-electron chi connectivity index (χ2n) is 6.37. The van der Waals surface area contributed by atoms with Gasteiger partial charge in [0.25, 0.3) is 5.91 Å². The minimum atomic E-state index is -0.104. The lowest BCUT2D eigenvalue weighted by Gasteiger charge is -2.33. The Morgan fingerprint density at radius 2 is 1.93 bits per heavy atom. The molecule has 4 rings (SSSR count). The summed E-state index contributed by atoms with van der Waals surface area (Å²) in [4.78, 5) is 14.8. The molecule has 0 aliphatic carbocycles. The molecule has 0 bridgehead atoms. The number of para-hydroxylation sites is 2. The number of amides is 1. The quantitative estimate of drug-likeness (QED) is 0.715. The van der Waals surface area contributed by atoms with Crippen LogP contribution in [-0.2, 0) is 4.74 Å². The molecule has 2 aromatic carbocycles. The fraction of sp³-hybridized carbons (Fsp3) is 0.238. The molecule has 1 amide bonds. The smallest absolute Gasteiger partial charge is 0.257 e. The summed E-state index contributed by atoms with van der Waals surface area (Å²) in [6, 6.07) is 17.6. The molecule has 1 aliphatic rings. The van der Waals surface area contributed by atoms with Crippen LogP contribution >= 0.6 is 0 Å². The second kappa shape index (κ2) is 7.63. The van der Waals surface area contributed by atoms with E-state index in [0.29, 0.717) is 31.0 Å². The van der Waals surface area contributed by atoms with Crippen molar-refractivity contribution in [1.82, 2.24) is 14.7 Å². The molecule has 0 spiro atoms. The van der Waals surface area contributed by atoms with Crippen molar-refractivity contribution in [2.45, 2.75) is 6.10 Å². The summed E-state index contributed by atoms with van der Waals surface area (Å²) in [5.74, 6) is 0.662. The van der Waals surface area contributed by atoms with Crippen molar-refractivity contribution in [2.75, 3.05) is 26.8 Å². The number of benzene rings is 2. The third-order valence-corrected chi connectivity index (χ3v) is 4.69. The third-order valence-electron chi connectivity index (χ3n) is 4.69. The molecule has 6 heteroatoms. The van der Waals surface area contributed by atoms with Gasteiger partial charge in [-0.1, -0.05) is 42.5 Å². The number of hydrogen-bond acceptors (Lipinski definition) is 4. The highest BCUT2D eigenvalue weighted by atomic mass is 16.5. The zero-order valence-corrected chi connectivity index (χ0v) is 15.1. The zero-order valence-electron chi connectivity index (χ0n) is 15.1. The maximum absolute atomic E-state index is 13.0. The first kappa shape index (κ1) is 17.3. The summed E-state index contributed by atoms with van der Waals surface area (Å²) in [6.07, 6.45) is 3.24. The van der Waals surface area contributed by atoms with E-state index >= 15 is 0 Å². The number of methoxy groups -OCH3 is 1. The Balaban J connectivity index is 1.52. The Bertz CT molecular complexity index is 923. The summed E-state index contributed by atoms with van der Waals surface area (Å²) in [7, 11) is 1.62. The predicted molar refractivity (Wildman–Crippen MR) is 101 cm³/mol. The summed E-state index contributed by atoms with van der Waals surface area (Å²) in [5, 5.41) is 4.35. The van der Waals surface area contributed by atoms with Gasteiger partial charge in [-0.25, -0.2) is 4.68 Å². The molecule has 0 saturated carbocycles. The Morgan fingerprint density at radius 1 is 1.15 bits per heavy atom. The molecule has 0 unspecified atom stereocenters. The number of carbonyl (C=O) groups is 1. The van der Waals surface area contributed by atoms with Gasteiger partial charge in [0.05, 0.1) is 32.0 Å². The monoisotopic (exact) mass is 363 g/mol. The molecule has 1 aromatic heterocycles. The van der Waals surface area contributed by atoms with Crippen LogP contribution < -0.4 is 4.74 Å². The van der Waals surface area contributed by atoms with E-state index in [2.05, 4.69) is 5.10 Å². The summed E-state index contributed by atoms with van der Waals surface area (Å²) in [5.41, 5.74) is 2.43. The SMILES string of the molecule is COc1ccccc1-n1cc(C(=O)N2CCO[C@H](c3ccccc3)C2)cn1. The van der Waals surface area contributed by atoms with E-state index in [1.54, 1.807) is 24.2 Å². The van der Waals surface area contributed by atoms with Crippen molar-refractivity contribution in [3.8, 4) is 11.4 Å². The van der Waals surface area contributed by atoms with Crippen molar-refractivity contribution in [3.63, 3.8) is 0 Å². The van der Waals surface area contributed by atoms with Crippen LogP contribution in [0.1, 0.15) is 22.0 Å². The lowest BCUT2D eigenvalue weighted by molar-refractivity contribution is -0.0228. The third kappa shape index (κ3) is 3.57. The lowest BCUT2D eigenvalue weighted by Crippen LogP contribution is -2.42. The van der Waals surface area contributed by atoms with Gasteiger partial charge in [-0.3, -0.25) is 4.79 Å². The van der Waals surface area contributed by atoms with Gasteiger partial charge in [0.15, 0.2) is 0 Å².